The average molecular weight is 400 g/mol. The maximum atomic E-state index is 12.6. The molecular formula is C20H23F3O3S. The van der Waals surface area contributed by atoms with E-state index in [9.17, 15) is 18.3 Å². The summed E-state index contributed by atoms with van der Waals surface area (Å²) in [7, 11) is 1.61. The molecule has 0 bridgehead atoms. The standard InChI is InChI=1S/C20H23F3O3S/c1-4-19(24,13-27-17-9-10-18(25-3)14(2)11-17)12-26-16-7-5-15(6-8-16)20(21,22)23/h5-11,24H,4,12-13H2,1-3H3. The zero-order chi connectivity index (χ0) is 20.1. The van der Waals surface area contributed by atoms with Gasteiger partial charge in [0.1, 0.15) is 23.7 Å². The minimum atomic E-state index is -4.38. The van der Waals surface area contributed by atoms with Crippen LogP contribution in [0.25, 0.3) is 0 Å². The predicted molar refractivity (Wildman–Crippen MR) is 101 cm³/mol. The van der Waals surface area contributed by atoms with E-state index in [2.05, 4.69) is 0 Å². The Morgan fingerprint density at radius 2 is 1.74 bits per heavy atom. The van der Waals surface area contributed by atoms with Crippen molar-refractivity contribution in [2.75, 3.05) is 19.5 Å². The summed E-state index contributed by atoms with van der Waals surface area (Å²) in [6, 6.07) is 10.2. The fraction of sp³-hybridized carbons (Fsp3) is 0.400. The molecule has 7 heteroatoms. The normalized spacial score (nSPS) is 13.9. The molecule has 0 aliphatic rings. The van der Waals surface area contributed by atoms with Gasteiger partial charge in [-0.05, 0) is 61.4 Å². The van der Waals surface area contributed by atoms with E-state index in [0.717, 1.165) is 28.3 Å². The summed E-state index contributed by atoms with van der Waals surface area (Å²) in [5.41, 5.74) is -0.823. The first-order valence-corrected chi connectivity index (χ1v) is 9.45. The fourth-order valence-corrected chi connectivity index (χ4v) is 3.51. The largest absolute Gasteiger partial charge is 0.496 e. The van der Waals surface area contributed by atoms with Crippen LogP contribution < -0.4 is 9.47 Å². The van der Waals surface area contributed by atoms with Crippen molar-refractivity contribution >= 4 is 11.8 Å². The summed E-state index contributed by atoms with van der Waals surface area (Å²) in [6.45, 7) is 3.79. The molecule has 0 aliphatic heterocycles. The smallest absolute Gasteiger partial charge is 0.416 e. The van der Waals surface area contributed by atoms with E-state index in [1.54, 1.807) is 7.11 Å². The van der Waals surface area contributed by atoms with E-state index in [1.807, 2.05) is 32.0 Å². The highest BCUT2D eigenvalue weighted by atomic mass is 32.2. The number of benzene rings is 2. The number of hydrogen-bond donors (Lipinski definition) is 1. The first kappa shape index (κ1) is 21.4. The van der Waals surface area contributed by atoms with Gasteiger partial charge in [0.2, 0.25) is 0 Å². The van der Waals surface area contributed by atoms with E-state index in [-0.39, 0.29) is 6.61 Å². The van der Waals surface area contributed by atoms with Crippen molar-refractivity contribution in [2.45, 2.75) is 36.9 Å². The molecule has 1 unspecified atom stereocenters. The van der Waals surface area contributed by atoms with Crippen LogP contribution in [0.4, 0.5) is 13.2 Å². The molecule has 0 radical (unpaired) electrons. The Bertz CT molecular complexity index is 747. The lowest BCUT2D eigenvalue weighted by atomic mass is 10.1. The Balaban J connectivity index is 1.95. The second-order valence-electron chi connectivity index (χ2n) is 6.31. The van der Waals surface area contributed by atoms with Crippen LogP contribution >= 0.6 is 11.8 Å². The Labute approximate surface area is 161 Å². The Hall–Kier alpha value is -1.86. The highest BCUT2D eigenvalue weighted by Gasteiger charge is 2.30. The molecule has 0 amide bonds. The molecule has 2 aromatic carbocycles. The van der Waals surface area contributed by atoms with Gasteiger partial charge in [0.25, 0.3) is 0 Å². The molecule has 0 spiro atoms. The summed E-state index contributed by atoms with van der Waals surface area (Å²) >= 11 is 1.49. The summed E-state index contributed by atoms with van der Waals surface area (Å²) in [4.78, 5) is 0.995. The van der Waals surface area contributed by atoms with Crippen molar-refractivity contribution in [3.05, 3.63) is 53.6 Å². The molecular weight excluding hydrogens is 377 g/mol. The minimum Gasteiger partial charge on any atom is -0.496 e. The third-order valence-corrected chi connectivity index (χ3v) is 5.49. The van der Waals surface area contributed by atoms with Gasteiger partial charge in [0, 0.05) is 10.6 Å². The number of methoxy groups -OCH3 is 1. The number of alkyl halides is 3. The van der Waals surface area contributed by atoms with Gasteiger partial charge in [-0.25, -0.2) is 0 Å². The van der Waals surface area contributed by atoms with E-state index < -0.39 is 17.3 Å². The monoisotopic (exact) mass is 400 g/mol. The first-order valence-electron chi connectivity index (χ1n) is 8.47. The molecule has 3 nitrogen and oxygen atoms in total. The second kappa shape index (κ2) is 8.89. The molecule has 148 valence electrons. The SMILES string of the molecule is CCC(O)(COc1ccc(C(F)(F)F)cc1)CSc1ccc(OC)c(C)c1. The second-order valence-corrected chi connectivity index (χ2v) is 7.36. The zero-order valence-electron chi connectivity index (χ0n) is 15.5. The summed E-state index contributed by atoms with van der Waals surface area (Å²) in [6.07, 6.45) is -3.93. The summed E-state index contributed by atoms with van der Waals surface area (Å²) in [5, 5.41) is 10.7. The Morgan fingerprint density at radius 3 is 2.26 bits per heavy atom. The van der Waals surface area contributed by atoms with Gasteiger partial charge in [-0.15, -0.1) is 11.8 Å². The van der Waals surface area contributed by atoms with Crippen molar-refractivity contribution in [3.63, 3.8) is 0 Å². The molecule has 0 aromatic heterocycles. The number of ether oxygens (including phenoxy) is 2. The molecule has 1 atom stereocenters. The maximum absolute atomic E-state index is 12.6. The Morgan fingerprint density at radius 1 is 1.07 bits per heavy atom. The van der Waals surface area contributed by atoms with Crippen LogP contribution in [0.3, 0.4) is 0 Å². The van der Waals surface area contributed by atoms with Crippen LogP contribution in [-0.2, 0) is 6.18 Å². The topological polar surface area (TPSA) is 38.7 Å². The molecule has 0 saturated carbocycles. The van der Waals surface area contributed by atoms with Crippen molar-refractivity contribution in [3.8, 4) is 11.5 Å². The van der Waals surface area contributed by atoms with Crippen molar-refractivity contribution in [1.82, 2.24) is 0 Å². The first-order chi connectivity index (χ1) is 12.7. The van der Waals surface area contributed by atoms with Crippen LogP contribution in [0, 0.1) is 6.92 Å². The molecule has 0 heterocycles. The van der Waals surface area contributed by atoms with E-state index >= 15 is 0 Å². The number of halogens is 3. The van der Waals surface area contributed by atoms with E-state index in [4.69, 9.17) is 9.47 Å². The minimum absolute atomic E-state index is 0.00297. The van der Waals surface area contributed by atoms with Crippen molar-refractivity contribution < 1.29 is 27.8 Å². The fourth-order valence-electron chi connectivity index (χ4n) is 2.36. The summed E-state index contributed by atoms with van der Waals surface area (Å²) < 4.78 is 48.5. The van der Waals surface area contributed by atoms with Gasteiger partial charge in [-0.3, -0.25) is 0 Å². The molecule has 2 aromatic rings. The number of aryl methyl sites for hydroxylation is 1. The van der Waals surface area contributed by atoms with Gasteiger partial charge < -0.3 is 14.6 Å². The van der Waals surface area contributed by atoms with Crippen LogP contribution in [-0.4, -0.2) is 30.2 Å². The van der Waals surface area contributed by atoms with Crippen molar-refractivity contribution in [2.24, 2.45) is 0 Å². The van der Waals surface area contributed by atoms with Gasteiger partial charge in [0.05, 0.1) is 12.7 Å². The predicted octanol–water partition coefficient (Wildman–Crippen LogP) is 5.33. The highest BCUT2D eigenvalue weighted by molar-refractivity contribution is 7.99. The van der Waals surface area contributed by atoms with Gasteiger partial charge >= 0.3 is 6.18 Å². The average Bonchev–Trinajstić information content (AvgIpc) is 2.64. The van der Waals surface area contributed by atoms with Gasteiger partial charge in [-0.1, -0.05) is 6.92 Å². The zero-order valence-corrected chi connectivity index (χ0v) is 16.3. The molecule has 0 aliphatic carbocycles. The molecule has 1 N–H and O–H groups in total. The number of thioether (sulfide) groups is 1. The third kappa shape index (κ3) is 6.07. The molecule has 27 heavy (non-hydrogen) atoms. The Kier molecular flexibility index (Phi) is 7.06. The maximum Gasteiger partial charge on any atom is 0.416 e. The van der Waals surface area contributed by atoms with Gasteiger partial charge in [0.15, 0.2) is 0 Å². The lowest BCUT2D eigenvalue weighted by Crippen LogP contribution is -2.38. The van der Waals surface area contributed by atoms with Gasteiger partial charge in [-0.2, -0.15) is 13.2 Å². The number of aliphatic hydroxyl groups is 1. The van der Waals surface area contributed by atoms with Crippen molar-refractivity contribution in [1.29, 1.82) is 0 Å². The van der Waals surface area contributed by atoms with E-state index in [0.29, 0.717) is 17.9 Å². The van der Waals surface area contributed by atoms with E-state index in [1.165, 1.54) is 23.9 Å². The van der Waals surface area contributed by atoms with Crippen LogP contribution in [0.2, 0.25) is 0 Å². The third-order valence-electron chi connectivity index (χ3n) is 4.22. The number of rotatable bonds is 8. The van der Waals surface area contributed by atoms with Crippen LogP contribution in [0.5, 0.6) is 11.5 Å². The summed E-state index contributed by atoms with van der Waals surface area (Å²) in [5.74, 6) is 1.49. The quantitative estimate of drug-likeness (QED) is 0.608. The molecule has 2 rings (SSSR count). The van der Waals surface area contributed by atoms with Crippen LogP contribution in [0.1, 0.15) is 24.5 Å². The molecule has 0 fully saturated rings. The highest BCUT2D eigenvalue weighted by Crippen LogP contribution is 2.31. The number of hydrogen-bond acceptors (Lipinski definition) is 4. The lowest BCUT2D eigenvalue weighted by molar-refractivity contribution is -0.137. The molecule has 0 saturated heterocycles. The van der Waals surface area contributed by atoms with Crippen LogP contribution in [0.15, 0.2) is 47.4 Å². The lowest BCUT2D eigenvalue weighted by Gasteiger charge is -2.26.